The molecule has 0 radical (unpaired) electrons. The van der Waals surface area contributed by atoms with Gasteiger partial charge in [0.25, 0.3) is 0 Å². The summed E-state index contributed by atoms with van der Waals surface area (Å²) in [5.74, 6) is 0.551. The number of aryl methyl sites for hydroxylation is 2. The first-order chi connectivity index (χ1) is 9.99. The molecule has 4 nitrogen and oxygen atoms in total. The number of methoxy groups -OCH3 is 1. The van der Waals surface area contributed by atoms with Crippen molar-refractivity contribution in [2.45, 2.75) is 13.8 Å². The lowest BCUT2D eigenvalue weighted by Crippen LogP contribution is -2.19. The molecule has 2 amide bonds. The fraction of sp³-hybridized carbons (Fsp3) is 0.188. The highest BCUT2D eigenvalue weighted by Crippen LogP contribution is 2.27. The Labute approximate surface area is 129 Å². The summed E-state index contributed by atoms with van der Waals surface area (Å²) in [4.78, 5) is 12.0. The number of halogens is 1. The molecule has 21 heavy (non-hydrogen) atoms. The van der Waals surface area contributed by atoms with Crippen molar-refractivity contribution in [1.82, 2.24) is 0 Å². The van der Waals surface area contributed by atoms with Crippen molar-refractivity contribution in [3.63, 3.8) is 0 Å². The van der Waals surface area contributed by atoms with Crippen LogP contribution in [-0.2, 0) is 0 Å². The van der Waals surface area contributed by atoms with E-state index in [4.69, 9.17) is 16.3 Å². The topological polar surface area (TPSA) is 50.4 Å². The molecule has 0 saturated heterocycles. The number of anilines is 2. The lowest BCUT2D eigenvalue weighted by atomic mass is 10.1. The van der Waals surface area contributed by atoms with Crippen molar-refractivity contribution in [2.75, 3.05) is 17.7 Å². The third kappa shape index (κ3) is 3.89. The standard InChI is InChI=1S/C16H17ClN2O2/c1-10-4-6-13(8-11(10)2)18-16(20)19-14-9-12(17)5-7-15(14)21-3/h4-9H,1-3H3,(H2,18,19,20). The van der Waals surface area contributed by atoms with Gasteiger partial charge in [-0.05, 0) is 55.3 Å². The monoisotopic (exact) mass is 304 g/mol. The second-order valence-electron chi connectivity index (χ2n) is 4.72. The second kappa shape index (κ2) is 6.50. The molecule has 2 aromatic carbocycles. The number of hydrogen-bond acceptors (Lipinski definition) is 2. The molecule has 2 aromatic rings. The lowest BCUT2D eigenvalue weighted by Gasteiger charge is -2.12. The molecule has 0 spiro atoms. The number of urea groups is 1. The Hall–Kier alpha value is -2.20. The Morgan fingerprint density at radius 3 is 2.48 bits per heavy atom. The molecule has 5 heteroatoms. The summed E-state index contributed by atoms with van der Waals surface area (Å²) in [5.41, 5.74) is 3.55. The Morgan fingerprint density at radius 2 is 1.81 bits per heavy atom. The number of hydrogen-bond donors (Lipinski definition) is 2. The summed E-state index contributed by atoms with van der Waals surface area (Å²) < 4.78 is 5.19. The van der Waals surface area contributed by atoms with Crippen LogP contribution >= 0.6 is 11.6 Å². The number of amides is 2. The summed E-state index contributed by atoms with van der Waals surface area (Å²) in [7, 11) is 1.54. The zero-order valence-electron chi connectivity index (χ0n) is 12.2. The van der Waals surface area contributed by atoms with Crippen molar-refractivity contribution in [1.29, 1.82) is 0 Å². The maximum atomic E-state index is 12.0. The van der Waals surface area contributed by atoms with Gasteiger partial charge in [0.1, 0.15) is 5.75 Å². The SMILES string of the molecule is COc1ccc(Cl)cc1NC(=O)Nc1ccc(C)c(C)c1. The van der Waals surface area contributed by atoms with Crippen molar-refractivity contribution >= 4 is 29.0 Å². The van der Waals surface area contributed by atoms with Crippen molar-refractivity contribution < 1.29 is 9.53 Å². The molecule has 0 saturated carbocycles. The van der Waals surface area contributed by atoms with Crippen LogP contribution in [0.1, 0.15) is 11.1 Å². The van der Waals surface area contributed by atoms with Gasteiger partial charge in [-0.2, -0.15) is 0 Å². The van der Waals surface area contributed by atoms with Gasteiger partial charge >= 0.3 is 6.03 Å². The molecule has 110 valence electrons. The van der Waals surface area contributed by atoms with E-state index in [1.165, 1.54) is 12.7 Å². The zero-order chi connectivity index (χ0) is 15.4. The van der Waals surface area contributed by atoms with Gasteiger partial charge in [-0.1, -0.05) is 17.7 Å². The van der Waals surface area contributed by atoms with Crippen LogP contribution in [0, 0.1) is 13.8 Å². The summed E-state index contributed by atoms with van der Waals surface area (Å²) in [5, 5.41) is 6.03. The number of carbonyl (C=O) groups excluding carboxylic acids is 1. The van der Waals surface area contributed by atoms with Gasteiger partial charge in [-0.3, -0.25) is 0 Å². The van der Waals surface area contributed by atoms with Crippen LogP contribution in [0.2, 0.25) is 5.02 Å². The molecule has 0 bridgehead atoms. The fourth-order valence-electron chi connectivity index (χ4n) is 1.88. The summed E-state index contributed by atoms with van der Waals surface area (Å²) in [6, 6.07) is 10.4. The second-order valence-corrected chi connectivity index (χ2v) is 5.16. The maximum Gasteiger partial charge on any atom is 0.323 e. The number of nitrogens with one attached hydrogen (secondary N) is 2. The van der Waals surface area contributed by atoms with Crippen LogP contribution < -0.4 is 15.4 Å². The molecule has 0 aliphatic heterocycles. The molecule has 0 heterocycles. The van der Waals surface area contributed by atoms with Gasteiger partial charge in [0.05, 0.1) is 12.8 Å². The van der Waals surface area contributed by atoms with Crippen LogP contribution in [0.15, 0.2) is 36.4 Å². The third-order valence-corrected chi connectivity index (χ3v) is 3.41. The van der Waals surface area contributed by atoms with E-state index in [0.717, 1.165) is 11.3 Å². The molecule has 2 rings (SSSR count). The zero-order valence-corrected chi connectivity index (χ0v) is 12.9. The van der Waals surface area contributed by atoms with Crippen LogP contribution in [-0.4, -0.2) is 13.1 Å². The van der Waals surface area contributed by atoms with E-state index in [1.54, 1.807) is 18.2 Å². The molecule has 0 atom stereocenters. The third-order valence-electron chi connectivity index (χ3n) is 3.17. The van der Waals surface area contributed by atoms with Gasteiger partial charge < -0.3 is 15.4 Å². The van der Waals surface area contributed by atoms with Crippen LogP contribution in [0.3, 0.4) is 0 Å². The minimum Gasteiger partial charge on any atom is -0.495 e. The van der Waals surface area contributed by atoms with Crippen LogP contribution in [0.25, 0.3) is 0 Å². The van der Waals surface area contributed by atoms with E-state index in [1.807, 2.05) is 32.0 Å². The highest BCUT2D eigenvalue weighted by atomic mass is 35.5. The van der Waals surface area contributed by atoms with E-state index >= 15 is 0 Å². The van der Waals surface area contributed by atoms with Crippen molar-refractivity contribution in [2.24, 2.45) is 0 Å². The normalized spacial score (nSPS) is 10.1. The molecule has 0 fully saturated rings. The van der Waals surface area contributed by atoms with Gasteiger partial charge in [-0.25, -0.2) is 4.79 Å². The van der Waals surface area contributed by atoms with Crippen molar-refractivity contribution in [3.05, 3.63) is 52.5 Å². The smallest absolute Gasteiger partial charge is 0.323 e. The molecular formula is C16H17ClN2O2. The maximum absolute atomic E-state index is 12.0. The quantitative estimate of drug-likeness (QED) is 0.870. The lowest BCUT2D eigenvalue weighted by molar-refractivity contribution is 0.262. The molecular weight excluding hydrogens is 288 g/mol. The molecule has 2 N–H and O–H groups in total. The number of benzene rings is 2. The van der Waals surface area contributed by atoms with Gasteiger partial charge in [0.2, 0.25) is 0 Å². The molecule has 0 aliphatic carbocycles. The van der Waals surface area contributed by atoms with E-state index in [2.05, 4.69) is 10.6 Å². The highest BCUT2D eigenvalue weighted by Gasteiger charge is 2.08. The first-order valence-corrected chi connectivity index (χ1v) is 6.86. The first kappa shape index (κ1) is 15.2. The average Bonchev–Trinajstić information content (AvgIpc) is 2.43. The van der Waals surface area contributed by atoms with E-state index in [-0.39, 0.29) is 6.03 Å². The minimum atomic E-state index is -0.348. The summed E-state index contributed by atoms with van der Waals surface area (Å²) >= 11 is 5.93. The fourth-order valence-corrected chi connectivity index (χ4v) is 2.05. The summed E-state index contributed by atoms with van der Waals surface area (Å²) in [6.07, 6.45) is 0. The Kier molecular flexibility index (Phi) is 4.70. The predicted molar refractivity (Wildman–Crippen MR) is 86.6 cm³/mol. The van der Waals surface area contributed by atoms with Gasteiger partial charge in [0.15, 0.2) is 0 Å². The van der Waals surface area contributed by atoms with Crippen molar-refractivity contribution in [3.8, 4) is 5.75 Å². The minimum absolute atomic E-state index is 0.348. The molecule has 0 aliphatic rings. The van der Waals surface area contributed by atoms with Gasteiger partial charge in [0, 0.05) is 10.7 Å². The van der Waals surface area contributed by atoms with E-state index in [0.29, 0.717) is 16.5 Å². The predicted octanol–water partition coefficient (Wildman–Crippen LogP) is 4.61. The number of ether oxygens (including phenoxy) is 1. The van der Waals surface area contributed by atoms with E-state index in [9.17, 15) is 4.79 Å². The van der Waals surface area contributed by atoms with Gasteiger partial charge in [-0.15, -0.1) is 0 Å². The Bertz CT molecular complexity index is 671. The van der Waals surface area contributed by atoms with Crippen LogP contribution in [0.5, 0.6) is 5.75 Å². The summed E-state index contributed by atoms with van der Waals surface area (Å²) in [6.45, 7) is 4.02. The Morgan fingerprint density at radius 1 is 1.05 bits per heavy atom. The largest absolute Gasteiger partial charge is 0.495 e. The van der Waals surface area contributed by atoms with E-state index < -0.39 is 0 Å². The first-order valence-electron chi connectivity index (χ1n) is 6.48. The molecule has 0 unspecified atom stereocenters. The number of carbonyl (C=O) groups is 1. The Balaban J connectivity index is 2.11. The highest BCUT2D eigenvalue weighted by molar-refractivity contribution is 6.31. The number of rotatable bonds is 3. The average molecular weight is 305 g/mol. The molecule has 0 aromatic heterocycles. The van der Waals surface area contributed by atoms with Crippen LogP contribution in [0.4, 0.5) is 16.2 Å².